The molecular weight excluding hydrogens is 391 g/mol. The molecule has 2 aromatic heterocycles. The number of benzene rings is 1. The molecule has 0 aliphatic heterocycles. The van der Waals surface area contributed by atoms with E-state index in [9.17, 15) is 9.18 Å². The number of hydrogen-bond donors (Lipinski definition) is 0. The van der Waals surface area contributed by atoms with E-state index in [0.717, 1.165) is 30.0 Å². The highest BCUT2D eigenvalue weighted by Gasteiger charge is 2.32. The lowest BCUT2D eigenvalue weighted by atomic mass is 10.2. The Morgan fingerprint density at radius 3 is 2.86 bits per heavy atom. The second-order valence-electron chi connectivity index (χ2n) is 7.36. The first-order valence-corrected chi connectivity index (χ1v) is 10.5. The van der Waals surface area contributed by atoms with Gasteiger partial charge < -0.3 is 9.32 Å². The minimum atomic E-state index is -0.347. The van der Waals surface area contributed by atoms with Gasteiger partial charge in [0.25, 0.3) is 0 Å². The summed E-state index contributed by atoms with van der Waals surface area (Å²) in [6, 6.07) is 10.1. The van der Waals surface area contributed by atoms with Crippen molar-refractivity contribution in [3.63, 3.8) is 0 Å². The Balaban J connectivity index is 1.46. The van der Waals surface area contributed by atoms with Gasteiger partial charge in [0.2, 0.25) is 5.91 Å². The fourth-order valence-electron chi connectivity index (χ4n) is 3.24. The highest BCUT2D eigenvalue weighted by molar-refractivity contribution is 8.00. The standard InChI is InChI=1S/C21H23FN4O2S/c1-14(20(27)25(2)12-15-5-3-6-17(22)11-15)29-21-24-23-19(16-8-9-16)26(21)13-18-7-4-10-28-18/h3-7,10-11,14,16H,8-9,12-13H2,1-2H3. The van der Waals surface area contributed by atoms with Crippen LogP contribution in [0.4, 0.5) is 4.39 Å². The van der Waals surface area contributed by atoms with E-state index in [2.05, 4.69) is 14.8 Å². The van der Waals surface area contributed by atoms with Crippen LogP contribution in [0.1, 0.15) is 42.8 Å². The summed E-state index contributed by atoms with van der Waals surface area (Å²) in [5.74, 6) is 1.88. The molecule has 0 spiro atoms. The fraction of sp³-hybridized carbons (Fsp3) is 0.381. The molecule has 1 fully saturated rings. The van der Waals surface area contributed by atoms with E-state index in [1.807, 2.05) is 25.1 Å². The predicted octanol–water partition coefficient (Wildman–Crippen LogP) is 4.08. The van der Waals surface area contributed by atoms with Gasteiger partial charge in [0.05, 0.1) is 18.1 Å². The maximum absolute atomic E-state index is 13.4. The van der Waals surface area contributed by atoms with Crippen molar-refractivity contribution >= 4 is 17.7 Å². The number of hydrogen-bond acceptors (Lipinski definition) is 5. The van der Waals surface area contributed by atoms with Gasteiger partial charge in [-0.25, -0.2) is 4.39 Å². The van der Waals surface area contributed by atoms with E-state index in [1.54, 1.807) is 24.3 Å². The van der Waals surface area contributed by atoms with Crippen LogP contribution < -0.4 is 0 Å². The molecule has 152 valence electrons. The van der Waals surface area contributed by atoms with E-state index < -0.39 is 0 Å². The number of halogens is 1. The quantitative estimate of drug-likeness (QED) is 0.520. The van der Waals surface area contributed by atoms with Crippen LogP contribution in [0.25, 0.3) is 0 Å². The summed E-state index contributed by atoms with van der Waals surface area (Å²) in [7, 11) is 1.73. The van der Waals surface area contributed by atoms with Gasteiger partial charge in [-0.3, -0.25) is 9.36 Å². The van der Waals surface area contributed by atoms with Crippen LogP contribution in [-0.4, -0.2) is 37.9 Å². The molecule has 0 saturated heterocycles. The topological polar surface area (TPSA) is 64.2 Å². The van der Waals surface area contributed by atoms with Crippen molar-refractivity contribution < 1.29 is 13.6 Å². The Labute approximate surface area is 173 Å². The number of amides is 1. The van der Waals surface area contributed by atoms with Crippen molar-refractivity contribution in [1.82, 2.24) is 19.7 Å². The van der Waals surface area contributed by atoms with Crippen molar-refractivity contribution in [3.8, 4) is 0 Å². The predicted molar refractivity (Wildman–Crippen MR) is 108 cm³/mol. The number of carbonyl (C=O) groups is 1. The SMILES string of the molecule is CC(Sc1nnc(C2CC2)n1Cc1ccco1)C(=O)N(C)Cc1cccc(F)c1. The lowest BCUT2D eigenvalue weighted by Gasteiger charge is -2.21. The lowest BCUT2D eigenvalue weighted by Crippen LogP contribution is -2.33. The Bertz CT molecular complexity index is 984. The minimum absolute atomic E-state index is 0.0419. The summed E-state index contributed by atoms with van der Waals surface area (Å²) >= 11 is 1.39. The second-order valence-corrected chi connectivity index (χ2v) is 8.67. The van der Waals surface area contributed by atoms with Crippen LogP contribution >= 0.6 is 11.8 Å². The van der Waals surface area contributed by atoms with Gasteiger partial charge in [-0.05, 0) is 49.6 Å². The molecule has 3 aromatic rings. The summed E-state index contributed by atoms with van der Waals surface area (Å²) in [6.45, 7) is 2.76. The highest BCUT2D eigenvalue weighted by Crippen LogP contribution is 2.40. The molecule has 4 rings (SSSR count). The maximum Gasteiger partial charge on any atom is 0.235 e. The molecule has 8 heteroatoms. The molecule has 29 heavy (non-hydrogen) atoms. The largest absolute Gasteiger partial charge is 0.467 e. The molecule has 1 saturated carbocycles. The number of carbonyl (C=O) groups excluding carboxylic acids is 1. The van der Waals surface area contributed by atoms with Crippen LogP contribution in [0.3, 0.4) is 0 Å². The number of nitrogens with zero attached hydrogens (tertiary/aromatic N) is 4. The normalized spacial score (nSPS) is 14.7. The van der Waals surface area contributed by atoms with Crippen LogP contribution in [0.2, 0.25) is 0 Å². The van der Waals surface area contributed by atoms with Crippen LogP contribution in [0.15, 0.2) is 52.2 Å². The zero-order chi connectivity index (χ0) is 20.4. The molecule has 2 heterocycles. The van der Waals surface area contributed by atoms with E-state index in [0.29, 0.717) is 24.2 Å². The Kier molecular flexibility index (Phi) is 5.71. The molecule has 6 nitrogen and oxygen atoms in total. The molecule has 1 aliphatic rings. The summed E-state index contributed by atoms with van der Waals surface area (Å²) in [6.07, 6.45) is 3.88. The van der Waals surface area contributed by atoms with Gasteiger partial charge in [-0.15, -0.1) is 10.2 Å². The molecular formula is C21H23FN4O2S. The van der Waals surface area contributed by atoms with Gasteiger partial charge in [0.1, 0.15) is 17.4 Å². The highest BCUT2D eigenvalue weighted by atomic mass is 32.2. The molecule has 1 aliphatic carbocycles. The first kappa shape index (κ1) is 19.7. The monoisotopic (exact) mass is 414 g/mol. The first-order chi connectivity index (χ1) is 14.0. The minimum Gasteiger partial charge on any atom is -0.467 e. The van der Waals surface area contributed by atoms with Crippen LogP contribution in [-0.2, 0) is 17.9 Å². The van der Waals surface area contributed by atoms with Gasteiger partial charge in [0, 0.05) is 19.5 Å². The van der Waals surface area contributed by atoms with E-state index in [1.165, 1.54) is 23.9 Å². The number of furan rings is 1. The van der Waals surface area contributed by atoms with Gasteiger partial charge in [-0.1, -0.05) is 23.9 Å². The van der Waals surface area contributed by atoms with Gasteiger partial charge >= 0.3 is 0 Å². The molecule has 1 aromatic carbocycles. The van der Waals surface area contributed by atoms with Crippen LogP contribution in [0, 0.1) is 5.82 Å². The van der Waals surface area contributed by atoms with Crippen LogP contribution in [0.5, 0.6) is 0 Å². The molecule has 0 radical (unpaired) electrons. The summed E-state index contributed by atoms with van der Waals surface area (Å²) in [5, 5.41) is 9.09. The maximum atomic E-state index is 13.4. The smallest absolute Gasteiger partial charge is 0.235 e. The average Bonchev–Trinajstić information content (AvgIpc) is 3.27. The summed E-state index contributed by atoms with van der Waals surface area (Å²) in [5.41, 5.74) is 0.759. The molecule has 0 bridgehead atoms. The summed E-state index contributed by atoms with van der Waals surface area (Å²) in [4.78, 5) is 14.5. The van der Waals surface area contributed by atoms with Crippen molar-refractivity contribution in [2.75, 3.05) is 7.05 Å². The molecule has 1 amide bonds. The van der Waals surface area contributed by atoms with Crippen molar-refractivity contribution in [2.45, 2.75) is 49.2 Å². The van der Waals surface area contributed by atoms with Crippen molar-refractivity contribution in [1.29, 1.82) is 0 Å². The fourth-order valence-corrected chi connectivity index (χ4v) is 4.21. The lowest BCUT2D eigenvalue weighted by molar-refractivity contribution is -0.129. The molecule has 1 unspecified atom stereocenters. The van der Waals surface area contributed by atoms with E-state index in [-0.39, 0.29) is 17.0 Å². The molecule has 0 N–H and O–H groups in total. The van der Waals surface area contributed by atoms with E-state index >= 15 is 0 Å². The number of rotatable bonds is 8. The number of thioether (sulfide) groups is 1. The van der Waals surface area contributed by atoms with Crippen molar-refractivity contribution in [3.05, 3.63) is 65.6 Å². The van der Waals surface area contributed by atoms with E-state index in [4.69, 9.17) is 4.42 Å². The van der Waals surface area contributed by atoms with Gasteiger partial charge in [0.15, 0.2) is 5.16 Å². The third kappa shape index (κ3) is 4.70. The Morgan fingerprint density at radius 2 is 2.17 bits per heavy atom. The zero-order valence-corrected chi connectivity index (χ0v) is 17.2. The van der Waals surface area contributed by atoms with Crippen molar-refractivity contribution in [2.24, 2.45) is 0 Å². The third-order valence-electron chi connectivity index (χ3n) is 4.90. The second kappa shape index (κ2) is 8.41. The first-order valence-electron chi connectivity index (χ1n) is 9.63. The number of aromatic nitrogens is 3. The average molecular weight is 415 g/mol. The Hall–Kier alpha value is -2.61. The zero-order valence-electron chi connectivity index (χ0n) is 16.4. The Morgan fingerprint density at radius 1 is 1.34 bits per heavy atom. The third-order valence-corrected chi connectivity index (χ3v) is 5.96. The molecule has 1 atom stereocenters. The summed E-state index contributed by atoms with van der Waals surface area (Å²) < 4.78 is 20.9. The van der Waals surface area contributed by atoms with Gasteiger partial charge in [-0.2, -0.15) is 0 Å².